The largest absolute Gasteiger partial charge is 0.494 e. The summed E-state index contributed by atoms with van der Waals surface area (Å²) < 4.78 is 22.8. The van der Waals surface area contributed by atoms with E-state index in [0.717, 1.165) is 29.4 Å². The van der Waals surface area contributed by atoms with E-state index >= 15 is 0 Å². The highest BCUT2D eigenvalue weighted by atomic mass is 16.5. The van der Waals surface area contributed by atoms with E-state index in [-0.39, 0.29) is 12.2 Å². The summed E-state index contributed by atoms with van der Waals surface area (Å²) in [6.45, 7) is 9.37. The van der Waals surface area contributed by atoms with Crippen LogP contribution in [-0.4, -0.2) is 25.4 Å². The van der Waals surface area contributed by atoms with Gasteiger partial charge in [0.15, 0.2) is 0 Å². The van der Waals surface area contributed by atoms with Crippen molar-refractivity contribution in [3.05, 3.63) is 48.5 Å². The van der Waals surface area contributed by atoms with Gasteiger partial charge in [0.2, 0.25) is 0 Å². The van der Waals surface area contributed by atoms with Gasteiger partial charge in [0.25, 0.3) is 0 Å². The molecule has 0 aliphatic carbocycles. The molecule has 0 aliphatic rings. The summed E-state index contributed by atoms with van der Waals surface area (Å²) in [5, 5.41) is 0. The zero-order valence-corrected chi connectivity index (χ0v) is 15.5. The van der Waals surface area contributed by atoms with Crippen LogP contribution >= 0.6 is 0 Å². The normalized spacial score (nSPS) is 13.0. The molecule has 136 valence electrons. The first-order chi connectivity index (χ1) is 12.1. The molecular weight excluding hydrogens is 316 g/mol. The number of rotatable bonds is 10. The first-order valence-corrected chi connectivity index (χ1v) is 8.89. The van der Waals surface area contributed by atoms with Gasteiger partial charge in [0, 0.05) is 6.42 Å². The Hall–Kier alpha value is -2.36. The molecule has 0 aromatic heterocycles. The van der Waals surface area contributed by atoms with Crippen LogP contribution in [0.25, 0.3) is 0 Å². The number of hydrogen-bond donors (Lipinski definition) is 0. The Labute approximate surface area is 150 Å². The summed E-state index contributed by atoms with van der Waals surface area (Å²) >= 11 is 0. The van der Waals surface area contributed by atoms with Crippen molar-refractivity contribution in [2.24, 2.45) is 0 Å². The van der Waals surface area contributed by atoms with Crippen molar-refractivity contribution in [1.29, 1.82) is 0 Å². The summed E-state index contributed by atoms with van der Waals surface area (Å²) in [4.78, 5) is 0. The molecule has 0 unspecified atom stereocenters. The Bertz CT molecular complexity index is 551. The molecule has 0 bridgehead atoms. The molecule has 0 spiro atoms. The highest BCUT2D eigenvalue weighted by Crippen LogP contribution is 2.22. The van der Waals surface area contributed by atoms with Crippen LogP contribution in [-0.2, 0) is 0 Å². The maximum Gasteiger partial charge on any atom is 0.119 e. The molecule has 25 heavy (non-hydrogen) atoms. The van der Waals surface area contributed by atoms with Gasteiger partial charge in [-0.25, -0.2) is 0 Å². The highest BCUT2D eigenvalue weighted by Gasteiger charge is 2.12. The van der Waals surface area contributed by atoms with E-state index in [0.29, 0.717) is 13.2 Å². The summed E-state index contributed by atoms with van der Waals surface area (Å²) in [5.41, 5.74) is 0. The molecule has 2 aromatic rings. The smallest absolute Gasteiger partial charge is 0.119 e. The van der Waals surface area contributed by atoms with E-state index in [9.17, 15) is 0 Å². The Kier molecular flexibility index (Phi) is 7.45. The first kappa shape index (κ1) is 19.0. The Morgan fingerprint density at radius 3 is 1.24 bits per heavy atom. The number of benzene rings is 2. The minimum Gasteiger partial charge on any atom is -0.494 e. The van der Waals surface area contributed by atoms with Crippen molar-refractivity contribution < 1.29 is 18.9 Å². The van der Waals surface area contributed by atoms with Crippen LogP contribution in [0.1, 0.15) is 34.1 Å². The third-order valence-corrected chi connectivity index (χ3v) is 3.61. The molecule has 2 atom stereocenters. The van der Waals surface area contributed by atoms with E-state index in [1.165, 1.54) is 0 Å². The molecular formula is C21H28O4. The molecule has 0 heterocycles. The van der Waals surface area contributed by atoms with Crippen LogP contribution in [0.5, 0.6) is 23.0 Å². The lowest BCUT2D eigenvalue weighted by atomic mass is 10.2. The molecule has 0 radical (unpaired) electrons. The molecule has 2 aromatic carbocycles. The average molecular weight is 344 g/mol. The maximum atomic E-state index is 5.95. The molecule has 2 rings (SSSR count). The van der Waals surface area contributed by atoms with Crippen LogP contribution in [0, 0.1) is 0 Å². The zero-order valence-electron chi connectivity index (χ0n) is 15.5. The minimum absolute atomic E-state index is 0.0515. The van der Waals surface area contributed by atoms with E-state index in [1.54, 1.807) is 0 Å². The van der Waals surface area contributed by atoms with Crippen LogP contribution < -0.4 is 18.9 Å². The fourth-order valence-electron chi connectivity index (χ4n) is 2.59. The summed E-state index contributed by atoms with van der Waals surface area (Å²) in [6.07, 6.45) is 0.895. The molecule has 0 N–H and O–H groups in total. The fourth-order valence-corrected chi connectivity index (χ4v) is 2.59. The maximum absolute atomic E-state index is 5.95. The molecule has 0 saturated carbocycles. The summed E-state index contributed by atoms with van der Waals surface area (Å²) in [5.74, 6) is 3.39. The second kappa shape index (κ2) is 9.82. The lowest BCUT2D eigenvalue weighted by Gasteiger charge is -2.20. The predicted molar refractivity (Wildman–Crippen MR) is 100 cm³/mol. The minimum atomic E-state index is 0.0515. The second-order valence-electron chi connectivity index (χ2n) is 5.90. The molecule has 4 heteroatoms. The van der Waals surface area contributed by atoms with Gasteiger partial charge in [-0.05, 0) is 76.2 Å². The zero-order chi connectivity index (χ0) is 18.1. The monoisotopic (exact) mass is 344 g/mol. The third kappa shape index (κ3) is 6.57. The summed E-state index contributed by atoms with van der Waals surface area (Å²) in [7, 11) is 0. The van der Waals surface area contributed by atoms with Gasteiger partial charge >= 0.3 is 0 Å². The van der Waals surface area contributed by atoms with Gasteiger partial charge in [0.05, 0.1) is 25.4 Å². The van der Waals surface area contributed by atoms with E-state index in [1.807, 2.05) is 62.4 Å². The van der Waals surface area contributed by atoms with Crippen LogP contribution in [0.15, 0.2) is 48.5 Å². The Morgan fingerprint density at radius 2 is 0.920 bits per heavy atom. The van der Waals surface area contributed by atoms with Crippen molar-refractivity contribution in [2.45, 2.75) is 46.3 Å². The molecule has 0 fully saturated rings. The van der Waals surface area contributed by atoms with Crippen molar-refractivity contribution >= 4 is 0 Å². The standard InChI is InChI=1S/C21H28O4/c1-5-22-18-7-11-20(12-8-18)24-16(3)15-17(4)25-21-13-9-19(10-14-21)23-6-2/h7-14,16-17H,5-6,15H2,1-4H3/t16-,17-/m0/s1. The van der Waals surface area contributed by atoms with E-state index < -0.39 is 0 Å². The number of hydrogen-bond acceptors (Lipinski definition) is 4. The van der Waals surface area contributed by atoms with Crippen LogP contribution in [0.2, 0.25) is 0 Å². The van der Waals surface area contributed by atoms with Crippen LogP contribution in [0.4, 0.5) is 0 Å². The van der Waals surface area contributed by atoms with Gasteiger partial charge < -0.3 is 18.9 Å². The molecule has 4 nitrogen and oxygen atoms in total. The van der Waals surface area contributed by atoms with Crippen molar-refractivity contribution in [3.63, 3.8) is 0 Å². The second-order valence-corrected chi connectivity index (χ2v) is 5.90. The van der Waals surface area contributed by atoms with Crippen molar-refractivity contribution in [1.82, 2.24) is 0 Å². The van der Waals surface area contributed by atoms with Gasteiger partial charge in [0.1, 0.15) is 23.0 Å². The van der Waals surface area contributed by atoms with Gasteiger partial charge in [-0.1, -0.05) is 0 Å². The Balaban J connectivity index is 1.79. The average Bonchev–Trinajstić information content (AvgIpc) is 2.59. The van der Waals surface area contributed by atoms with E-state index in [2.05, 4.69) is 13.8 Å². The number of ether oxygens (including phenoxy) is 4. The quantitative estimate of drug-likeness (QED) is 0.600. The Morgan fingerprint density at radius 1 is 0.600 bits per heavy atom. The SMILES string of the molecule is CCOc1ccc(O[C@@H](C)C[C@H](C)Oc2ccc(OCC)cc2)cc1. The van der Waals surface area contributed by atoms with E-state index in [4.69, 9.17) is 18.9 Å². The summed E-state index contributed by atoms with van der Waals surface area (Å²) in [6, 6.07) is 15.4. The highest BCUT2D eigenvalue weighted by molar-refractivity contribution is 5.32. The van der Waals surface area contributed by atoms with Crippen molar-refractivity contribution in [3.8, 4) is 23.0 Å². The first-order valence-electron chi connectivity index (χ1n) is 8.89. The third-order valence-electron chi connectivity index (χ3n) is 3.61. The molecule has 0 aliphatic heterocycles. The van der Waals surface area contributed by atoms with Gasteiger partial charge in [-0.15, -0.1) is 0 Å². The van der Waals surface area contributed by atoms with Crippen LogP contribution in [0.3, 0.4) is 0 Å². The topological polar surface area (TPSA) is 36.9 Å². The van der Waals surface area contributed by atoms with Crippen molar-refractivity contribution in [2.75, 3.05) is 13.2 Å². The fraction of sp³-hybridized carbons (Fsp3) is 0.429. The lowest BCUT2D eigenvalue weighted by Crippen LogP contribution is -2.22. The molecule has 0 amide bonds. The lowest BCUT2D eigenvalue weighted by molar-refractivity contribution is 0.130. The van der Waals surface area contributed by atoms with Gasteiger partial charge in [-0.2, -0.15) is 0 Å². The predicted octanol–water partition coefficient (Wildman–Crippen LogP) is 5.11. The van der Waals surface area contributed by atoms with Gasteiger partial charge in [-0.3, -0.25) is 0 Å². The molecule has 0 saturated heterocycles.